The van der Waals surface area contributed by atoms with E-state index in [-0.39, 0.29) is 11.4 Å². The second-order valence-electron chi connectivity index (χ2n) is 6.56. The number of rotatable bonds is 13. The highest BCUT2D eigenvalue weighted by Crippen LogP contribution is 2.21. The fraction of sp³-hybridized carbons (Fsp3) is 0.944. The summed E-state index contributed by atoms with van der Waals surface area (Å²) >= 11 is 0. The summed E-state index contributed by atoms with van der Waals surface area (Å²) in [7, 11) is 0. The van der Waals surface area contributed by atoms with E-state index in [1.54, 1.807) is 0 Å². The van der Waals surface area contributed by atoms with E-state index < -0.39 is 0 Å². The molecule has 0 aromatic heterocycles. The van der Waals surface area contributed by atoms with E-state index in [4.69, 9.17) is 4.74 Å². The first-order valence-electron chi connectivity index (χ1n) is 8.71. The van der Waals surface area contributed by atoms with Gasteiger partial charge in [0, 0.05) is 0 Å². The zero-order valence-electron chi connectivity index (χ0n) is 14.3. The van der Waals surface area contributed by atoms with E-state index in [2.05, 4.69) is 6.92 Å². The van der Waals surface area contributed by atoms with Crippen LogP contribution >= 0.6 is 0 Å². The molecule has 2 nitrogen and oxygen atoms in total. The van der Waals surface area contributed by atoms with Gasteiger partial charge in [-0.2, -0.15) is 0 Å². The lowest BCUT2D eigenvalue weighted by Crippen LogP contribution is -2.26. The molecule has 0 aromatic carbocycles. The number of unbranched alkanes of at least 4 members (excludes halogenated alkanes) is 9. The van der Waals surface area contributed by atoms with Crippen molar-refractivity contribution >= 4 is 5.97 Å². The Morgan fingerprint density at radius 2 is 1.25 bits per heavy atom. The van der Waals surface area contributed by atoms with Crippen LogP contribution in [-0.2, 0) is 9.53 Å². The van der Waals surface area contributed by atoms with Crippen LogP contribution in [0.1, 0.15) is 98.3 Å². The van der Waals surface area contributed by atoms with Crippen molar-refractivity contribution in [3.05, 3.63) is 0 Å². The van der Waals surface area contributed by atoms with Crippen LogP contribution in [0.2, 0.25) is 0 Å². The van der Waals surface area contributed by atoms with Gasteiger partial charge in [0.1, 0.15) is 0 Å². The van der Waals surface area contributed by atoms with Crippen LogP contribution < -0.4 is 0 Å². The summed E-state index contributed by atoms with van der Waals surface area (Å²) in [4.78, 5) is 11.7. The average molecular weight is 284 g/mol. The van der Waals surface area contributed by atoms with Crippen LogP contribution in [0.15, 0.2) is 0 Å². The predicted octanol–water partition coefficient (Wildman–Crippen LogP) is 5.89. The molecular formula is C18H36O2. The van der Waals surface area contributed by atoms with Crippen LogP contribution in [0.25, 0.3) is 0 Å². The van der Waals surface area contributed by atoms with Gasteiger partial charge in [0.05, 0.1) is 12.0 Å². The fourth-order valence-electron chi connectivity index (χ4n) is 2.09. The second-order valence-corrected chi connectivity index (χ2v) is 6.56. The molecule has 0 saturated carbocycles. The summed E-state index contributed by atoms with van der Waals surface area (Å²) in [6.45, 7) is 8.79. The van der Waals surface area contributed by atoms with Gasteiger partial charge >= 0.3 is 5.97 Å². The van der Waals surface area contributed by atoms with Crippen LogP contribution in [-0.4, -0.2) is 12.6 Å². The number of esters is 1. The van der Waals surface area contributed by atoms with Crippen molar-refractivity contribution in [1.82, 2.24) is 0 Å². The van der Waals surface area contributed by atoms with E-state index in [9.17, 15) is 4.79 Å². The topological polar surface area (TPSA) is 26.3 Å². The van der Waals surface area contributed by atoms with Gasteiger partial charge < -0.3 is 4.74 Å². The summed E-state index contributed by atoms with van der Waals surface area (Å²) in [6, 6.07) is 0. The van der Waals surface area contributed by atoms with E-state index in [0.29, 0.717) is 6.61 Å². The number of carbonyl (C=O) groups excluding carboxylic acids is 1. The van der Waals surface area contributed by atoms with Gasteiger partial charge in [-0.1, -0.05) is 71.6 Å². The third-order valence-electron chi connectivity index (χ3n) is 4.17. The Morgan fingerprint density at radius 3 is 1.70 bits per heavy atom. The third-order valence-corrected chi connectivity index (χ3v) is 4.17. The Morgan fingerprint density at radius 1 is 0.800 bits per heavy atom. The molecule has 0 fully saturated rings. The molecule has 0 aliphatic rings. The van der Waals surface area contributed by atoms with Crippen molar-refractivity contribution in [2.24, 2.45) is 5.41 Å². The largest absolute Gasteiger partial charge is 0.465 e. The minimum Gasteiger partial charge on any atom is -0.465 e. The molecule has 0 heterocycles. The molecule has 0 spiro atoms. The van der Waals surface area contributed by atoms with Crippen LogP contribution in [0.5, 0.6) is 0 Å². The number of hydrogen-bond acceptors (Lipinski definition) is 2. The molecule has 0 saturated heterocycles. The molecule has 0 radical (unpaired) electrons. The summed E-state index contributed by atoms with van der Waals surface area (Å²) in [5, 5.41) is 0. The quantitative estimate of drug-likeness (QED) is 0.311. The van der Waals surface area contributed by atoms with E-state index in [1.165, 1.54) is 57.8 Å². The number of hydrogen-bond donors (Lipinski definition) is 0. The van der Waals surface area contributed by atoms with E-state index in [1.807, 2.05) is 20.8 Å². The molecule has 0 aliphatic carbocycles. The van der Waals surface area contributed by atoms with Gasteiger partial charge in [0.25, 0.3) is 0 Å². The Hall–Kier alpha value is -0.530. The van der Waals surface area contributed by atoms with Gasteiger partial charge in [-0.15, -0.1) is 0 Å². The maximum Gasteiger partial charge on any atom is 0.311 e. The maximum atomic E-state index is 11.7. The first-order chi connectivity index (χ1) is 9.54. The number of ether oxygens (including phenoxy) is 1. The molecular weight excluding hydrogens is 248 g/mol. The highest BCUT2D eigenvalue weighted by atomic mass is 16.5. The summed E-state index contributed by atoms with van der Waals surface area (Å²) in [6.07, 6.45) is 13.9. The van der Waals surface area contributed by atoms with Gasteiger partial charge in [-0.05, 0) is 26.7 Å². The molecule has 0 atom stereocenters. The smallest absolute Gasteiger partial charge is 0.311 e. The molecule has 120 valence electrons. The molecule has 2 heteroatoms. The van der Waals surface area contributed by atoms with Crippen molar-refractivity contribution in [3.8, 4) is 0 Å². The fourth-order valence-corrected chi connectivity index (χ4v) is 2.09. The van der Waals surface area contributed by atoms with Gasteiger partial charge in [-0.3, -0.25) is 4.79 Å². The SMILES string of the molecule is CCCCCCCCCCCCOC(=O)C(C)(C)CC. The van der Waals surface area contributed by atoms with Crippen LogP contribution in [0, 0.1) is 5.41 Å². The van der Waals surface area contributed by atoms with E-state index >= 15 is 0 Å². The monoisotopic (exact) mass is 284 g/mol. The maximum absolute atomic E-state index is 11.7. The lowest BCUT2D eigenvalue weighted by atomic mass is 9.91. The average Bonchev–Trinajstić information content (AvgIpc) is 2.44. The van der Waals surface area contributed by atoms with E-state index in [0.717, 1.165) is 12.8 Å². The Balaban J connectivity index is 3.27. The second kappa shape index (κ2) is 12.2. The Bertz CT molecular complexity index is 234. The lowest BCUT2D eigenvalue weighted by molar-refractivity contribution is -0.154. The Labute approximate surface area is 126 Å². The minimum atomic E-state index is -0.321. The van der Waals surface area contributed by atoms with Crippen molar-refractivity contribution < 1.29 is 9.53 Å². The molecule has 0 bridgehead atoms. The van der Waals surface area contributed by atoms with Crippen molar-refractivity contribution in [1.29, 1.82) is 0 Å². The molecule has 0 aliphatic heterocycles. The highest BCUT2D eigenvalue weighted by molar-refractivity contribution is 5.75. The predicted molar refractivity (Wildman–Crippen MR) is 86.9 cm³/mol. The first-order valence-corrected chi connectivity index (χ1v) is 8.71. The minimum absolute atomic E-state index is 0.0454. The van der Waals surface area contributed by atoms with Crippen LogP contribution in [0.3, 0.4) is 0 Å². The molecule has 0 aromatic rings. The molecule has 0 unspecified atom stereocenters. The molecule has 0 rings (SSSR count). The van der Waals surface area contributed by atoms with Crippen molar-refractivity contribution in [2.45, 2.75) is 98.3 Å². The van der Waals surface area contributed by atoms with Gasteiger partial charge in [0.2, 0.25) is 0 Å². The molecule has 0 amide bonds. The Kier molecular flexibility index (Phi) is 11.9. The van der Waals surface area contributed by atoms with Gasteiger partial charge in [-0.25, -0.2) is 0 Å². The first kappa shape index (κ1) is 19.5. The highest BCUT2D eigenvalue weighted by Gasteiger charge is 2.26. The van der Waals surface area contributed by atoms with Gasteiger partial charge in [0.15, 0.2) is 0 Å². The molecule has 20 heavy (non-hydrogen) atoms. The summed E-state index contributed by atoms with van der Waals surface area (Å²) in [5.41, 5.74) is -0.321. The lowest BCUT2D eigenvalue weighted by Gasteiger charge is -2.20. The summed E-state index contributed by atoms with van der Waals surface area (Å²) < 4.78 is 5.33. The zero-order chi connectivity index (χ0) is 15.3. The van der Waals surface area contributed by atoms with Crippen LogP contribution in [0.4, 0.5) is 0 Å². The molecule has 0 N–H and O–H groups in total. The normalized spacial score (nSPS) is 11.6. The number of carbonyl (C=O) groups is 1. The summed E-state index contributed by atoms with van der Waals surface area (Å²) in [5.74, 6) is -0.0454. The zero-order valence-corrected chi connectivity index (χ0v) is 14.3. The van der Waals surface area contributed by atoms with Crippen molar-refractivity contribution in [3.63, 3.8) is 0 Å². The third kappa shape index (κ3) is 10.3. The standard InChI is InChI=1S/C18H36O2/c1-5-7-8-9-10-11-12-13-14-15-16-20-17(19)18(3,4)6-2/h5-16H2,1-4H3. The van der Waals surface area contributed by atoms with Crippen molar-refractivity contribution in [2.75, 3.05) is 6.61 Å².